The van der Waals surface area contributed by atoms with Gasteiger partial charge in [0.1, 0.15) is 10.7 Å². The Balaban J connectivity index is 1.71. The lowest BCUT2D eigenvalue weighted by molar-refractivity contribution is -0.151. The van der Waals surface area contributed by atoms with Crippen molar-refractivity contribution in [3.8, 4) is 0 Å². The molecule has 0 radical (unpaired) electrons. The molecular weight excluding hydrogens is 366 g/mol. The molecule has 7 nitrogen and oxygen atoms in total. The van der Waals surface area contributed by atoms with E-state index >= 15 is 0 Å². The van der Waals surface area contributed by atoms with E-state index in [0.717, 1.165) is 10.4 Å². The number of carboxylic acids is 1. The summed E-state index contributed by atoms with van der Waals surface area (Å²) in [5, 5.41) is 10.2. The van der Waals surface area contributed by atoms with E-state index in [1.807, 2.05) is 27.7 Å². The standard InChI is InChI=1S/C19H25N3O4S/c1-10(2)19(18(25)26)7-8-22(9-19)14(23)6-5-13-20-16(24)15-11(3)12(4)27-17(15)21-13/h10H,5-9H2,1-4H3,(H,25,26)(H,20,21,24). The van der Waals surface area contributed by atoms with E-state index in [1.54, 1.807) is 4.90 Å². The van der Waals surface area contributed by atoms with Crippen LogP contribution in [0.2, 0.25) is 0 Å². The Labute approximate surface area is 161 Å². The molecule has 0 aliphatic carbocycles. The van der Waals surface area contributed by atoms with Crippen LogP contribution in [0.15, 0.2) is 4.79 Å². The first-order valence-electron chi connectivity index (χ1n) is 9.16. The minimum atomic E-state index is -0.868. The Morgan fingerprint density at radius 2 is 2.07 bits per heavy atom. The van der Waals surface area contributed by atoms with Crippen LogP contribution >= 0.6 is 11.3 Å². The van der Waals surface area contributed by atoms with Gasteiger partial charge in [0.05, 0.1) is 10.8 Å². The molecule has 0 saturated carbocycles. The lowest BCUT2D eigenvalue weighted by atomic mass is 9.76. The van der Waals surface area contributed by atoms with E-state index in [2.05, 4.69) is 9.97 Å². The number of carboxylic acid groups (broad SMARTS) is 1. The summed E-state index contributed by atoms with van der Waals surface area (Å²) in [6.45, 7) is 8.33. The van der Waals surface area contributed by atoms with Crippen molar-refractivity contribution in [2.75, 3.05) is 13.1 Å². The molecule has 0 aromatic carbocycles. The Bertz CT molecular complexity index is 962. The van der Waals surface area contributed by atoms with E-state index in [9.17, 15) is 19.5 Å². The highest BCUT2D eigenvalue weighted by molar-refractivity contribution is 7.18. The molecule has 1 aliphatic rings. The number of fused-ring (bicyclic) bond motifs is 1. The molecule has 2 N–H and O–H groups in total. The fraction of sp³-hybridized carbons (Fsp3) is 0.579. The zero-order valence-corrected chi connectivity index (χ0v) is 16.9. The number of aromatic amines is 1. The first-order chi connectivity index (χ1) is 12.7. The minimum absolute atomic E-state index is 0.0430. The lowest BCUT2D eigenvalue weighted by Crippen LogP contribution is -2.40. The maximum absolute atomic E-state index is 12.6. The number of carbonyl (C=O) groups excluding carboxylic acids is 1. The zero-order chi connectivity index (χ0) is 19.9. The molecule has 1 atom stereocenters. The number of hydrogen-bond donors (Lipinski definition) is 2. The molecule has 2 aromatic rings. The summed E-state index contributed by atoms with van der Waals surface area (Å²) in [6.07, 6.45) is 1.00. The van der Waals surface area contributed by atoms with Crippen LogP contribution in [0.5, 0.6) is 0 Å². The quantitative estimate of drug-likeness (QED) is 0.815. The molecule has 1 unspecified atom stereocenters. The van der Waals surface area contributed by atoms with Crippen molar-refractivity contribution >= 4 is 33.4 Å². The maximum Gasteiger partial charge on any atom is 0.311 e. The molecule has 1 aliphatic heterocycles. The third-order valence-corrected chi connectivity index (χ3v) is 6.95. The summed E-state index contributed by atoms with van der Waals surface area (Å²) in [4.78, 5) is 47.3. The molecular formula is C19H25N3O4S. The predicted molar refractivity (Wildman–Crippen MR) is 104 cm³/mol. The van der Waals surface area contributed by atoms with Crippen molar-refractivity contribution in [2.45, 2.75) is 47.0 Å². The Morgan fingerprint density at radius 3 is 2.67 bits per heavy atom. The number of nitrogens with one attached hydrogen (secondary N) is 1. The number of aromatic nitrogens is 2. The van der Waals surface area contributed by atoms with Gasteiger partial charge in [0, 0.05) is 30.8 Å². The minimum Gasteiger partial charge on any atom is -0.481 e. The number of amides is 1. The van der Waals surface area contributed by atoms with Crippen LogP contribution in [0.1, 0.15) is 43.0 Å². The Morgan fingerprint density at radius 1 is 1.37 bits per heavy atom. The second-order valence-electron chi connectivity index (χ2n) is 7.66. The van der Waals surface area contributed by atoms with Crippen LogP contribution in [0, 0.1) is 25.2 Å². The highest BCUT2D eigenvalue weighted by atomic mass is 32.1. The van der Waals surface area contributed by atoms with Gasteiger partial charge in [-0.2, -0.15) is 0 Å². The SMILES string of the molecule is Cc1sc2nc(CCC(=O)N3CCC(C(=O)O)(C(C)C)C3)[nH]c(=O)c2c1C. The lowest BCUT2D eigenvalue weighted by Gasteiger charge is -2.28. The van der Waals surface area contributed by atoms with Gasteiger partial charge in [-0.25, -0.2) is 4.98 Å². The molecule has 1 fully saturated rings. The van der Waals surface area contributed by atoms with Crippen LogP contribution in [-0.4, -0.2) is 44.9 Å². The van der Waals surface area contributed by atoms with Crippen molar-refractivity contribution in [3.05, 3.63) is 26.6 Å². The number of H-pyrrole nitrogens is 1. The fourth-order valence-corrected chi connectivity index (χ4v) is 4.79. The Hall–Kier alpha value is -2.22. The average molecular weight is 391 g/mol. The van der Waals surface area contributed by atoms with Crippen molar-refractivity contribution in [3.63, 3.8) is 0 Å². The predicted octanol–water partition coefficient (Wildman–Crippen LogP) is 2.49. The molecule has 3 heterocycles. The van der Waals surface area contributed by atoms with Crippen molar-refractivity contribution < 1.29 is 14.7 Å². The van der Waals surface area contributed by atoms with Gasteiger partial charge in [-0.1, -0.05) is 13.8 Å². The van der Waals surface area contributed by atoms with E-state index in [1.165, 1.54) is 11.3 Å². The van der Waals surface area contributed by atoms with Gasteiger partial charge in [0.15, 0.2) is 0 Å². The third-order valence-electron chi connectivity index (χ3n) is 5.85. The number of carbonyl (C=O) groups is 2. The summed E-state index contributed by atoms with van der Waals surface area (Å²) in [5.41, 5.74) is -0.0926. The molecule has 3 rings (SSSR count). The van der Waals surface area contributed by atoms with Gasteiger partial charge in [-0.3, -0.25) is 14.4 Å². The number of likely N-dealkylation sites (tertiary alicyclic amines) is 1. The number of aliphatic carboxylic acids is 1. The number of thiophene rings is 1. The van der Waals surface area contributed by atoms with Gasteiger partial charge in [0.25, 0.3) is 5.56 Å². The molecule has 146 valence electrons. The molecule has 8 heteroatoms. The van der Waals surface area contributed by atoms with Gasteiger partial charge >= 0.3 is 5.97 Å². The second kappa shape index (κ2) is 7.07. The number of rotatable bonds is 5. The van der Waals surface area contributed by atoms with Gasteiger partial charge in [0.2, 0.25) is 5.91 Å². The average Bonchev–Trinajstić information content (AvgIpc) is 3.16. The van der Waals surface area contributed by atoms with E-state index in [-0.39, 0.29) is 30.3 Å². The highest BCUT2D eigenvalue weighted by Gasteiger charge is 2.48. The Kier molecular flexibility index (Phi) is 5.12. The van der Waals surface area contributed by atoms with Crippen molar-refractivity contribution in [1.29, 1.82) is 0 Å². The molecule has 2 aromatic heterocycles. The summed E-state index contributed by atoms with van der Waals surface area (Å²) < 4.78 is 0. The number of aryl methyl sites for hydroxylation is 3. The van der Waals surface area contributed by atoms with Gasteiger partial charge in [-0.05, 0) is 31.7 Å². The van der Waals surface area contributed by atoms with Crippen LogP contribution in [0.4, 0.5) is 0 Å². The number of hydrogen-bond acceptors (Lipinski definition) is 5. The first-order valence-corrected chi connectivity index (χ1v) is 9.97. The van der Waals surface area contributed by atoms with Gasteiger partial charge in [-0.15, -0.1) is 11.3 Å². The topological polar surface area (TPSA) is 103 Å². The molecule has 0 bridgehead atoms. The monoisotopic (exact) mass is 391 g/mol. The van der Waals surface area contributed by atoms with E-state index < -0.39 is 11.4 Å². The first kappa shape index (κ1) is 19.5. The summed E-state index contributed by atoms with van der Waals surface area (Å²) in [5.74, 6) is -0.485. The molecule has 1 saturated heterocycles. The molecule has 27 heavy (non-hydrogen) atoms. The fourth-order valence-electron chi connectivity index (χ4n) is 3.74. The summed E-state index contributed by atoms with van der Waals surface area (Å²) in [7, 11) is 0. The van der Waals surface area contributed by atoms with Crippen LogP contribution in [0.3, 0.4) is 0 Å². The maximum atomic E-state index is 12.6. The largest absolute Gasteiger partial charge is 0.481 e. The normalized spacial score (nSPS) is 20.0. The van der Waals surface area contributed by atoms with Crippen molar-refractivity contribution in [1.82, 2.24) is 14.9 Å². The molecule has 1 amide bonds. The van der Waals surface area contributed by atoms with Crippen molar-refractivity contribution in [2.24, 2.45) is 11.3 Å². The van der Waals surface area contributed by atoms with E-state index in [0.29, 0.717) is 35.4 Å². The smallest absolute Gasteiger partial charge is 0.311 e. The second-order valence-corrected chi connectivity index (χ2v) is 8.86. The van der Waals surface area contributed by atoms with Crippen LogP contribution in [-0.2, 0) is 16.0 Å². The zero-order valence-electron chi connectivity index (χ0n) is 16.1. The molecule has 0 spiro atoms. The number of nitrogens with zero attached hydrogens (tertiary/aromatic N) is 2. The van der Waals surface area contributed by atoms with Gasteiger partial charge < -0.3 is 15.0 Å². The summed E-state index contributed by atoms with van der Waals surface area (Å²) >= 11 is 1.48. The summed E-state index contributed by atoms with van der Waals surface area (Å²) in [6, 6.07) is 0. The van der Waals surface area contributed by atoms with E-state index in [4.69, 9.17) is 0 Å². The third kappa shape index (κ3) is 3.38. The van der Waals surface area contributed by atoms with Crippen LogP contribution in [0.25, 0.3) is 10.2 Å². The van der Waals surface area contributed by atoms with Crippen LogP contribution < -0.4 is 5.56 Å². The highest BCUT2D eigenvalue weighted by Crippen LogP contribution is 2.38.